The zero-order valence-corrected chi connectivity index (χ0v) is 20.0. The number of hydrogen-bond donors (Lipinski definition) is 0. The van der Waals surface area contributed by atoms with Crippen molar-refractivity contribution >= 4 is 17.5 Å². The molecule has 1 aromatic heterocycles. The summed E-state index contributed by atoms with van der Waals surface area (Å²) in [6.07, 6.45) is -1.86. The van der Waals surface area contributed by atoms with Crippen LogP contribution >= 0.6 is 0 Å². The van der Waals surface area contributed by atoms with Crippen LogP contribution in [0, 0.1) is 13.8 Å². The summed E-state index contributed by atoms with van der Waals surface area (Å²) in [5.41, 5.74) is 3.73. The molecule has 3 heterocycles. The second-order valence-electron chi connectivity index (χ2n) is 9.43. The highest BCUT2D eigenvalue weighted by atomic mass is 19.4. The number of carbonyl (C=O) groups excluding carboxylic acids is 1. The Morgan fingerprint density at radius 1 is 1.06 bits per heavy atom. The molecule has 184 valence electrons. The molecular formula is C26H28F3N5O. The molecule has 0 unspecified atom stereocenters. The van der Waals surface area contributed by atoms with Gasteiger partial charge in [0.25, 0.3) is 0 Å². The molecule has 2 aliphatic rings. The molecule has 1 atom stereocenters. The van der Waals surface area contributed by atoms with E-state index in [1.807, 2.05) is 12.3 Å². The van der Waals surface area contributed by atoms with Gasteiger partial charge in [-0.25, -0.2) is 4.79 Å². The second-order valence-corrected chi connectivity index (χ2v) is 9.43. The fourth-order valence-electron chi connectivity index (χ4n) is 5.40. The van der Waals surface area contributed by atoms with Gasteiger partial charge in [0, 0.05) is 37.6 Å². The van der Waals surface area contributed by atoms with E-state index in [2.05, 4.69) is 36.0 Å². The highest BCUT2D eigenvalue weighted by Gasteiger charge is 2.41. The number of para-hydroxylation sites is 1. The lowest BCUT2D eigenvalue weighted by Gasteiger charge is -2.38. The monoisotopic (exact) mass is 483 g/mol. The van der Waals surface area contributed by atoms with Gasteiger partial charge in [0.1, 0.15) is 0 Å². The Labute approximate surface area is 202 Å². The Morgan fingerprint density at radius 3 is 2.49 bits per heavy atom. The Hall–Kier alpha value is -3.49. The number of hydrogen-bond acceptors (Lipinski definition) is 3. The van der Waals surface area contributed by atoms with Crippen molar-refractivity contribution in [2.75, 3.05) is 22.9 Å². The normalized spacial score (nSPS) is 18.4. The summed E-state index contributed by atoms with van der Waals surface area (Å²) >= 11 is 0. The Bertz CT molecular complexity index is 1250. The maximum Gasteiger partial charge on any atom is 0.416 e. The number of anilines is 2. The van der Waals surface area contributed by atoms with Gasteiger partial charge in [0.15, 0.2) is 5.82 Å². The molecule has 5 rings (SSSR count). The molecule has 9 heteroatoms. The third-order valence-corrected chi connectivity index (χ3v) is 6.97. The molecule has 2 aliphatic heterocycles. The fourth-order valence-corrected chi connectivity index (χ4v) is 5.40. The van der Waals surface area contributed by atoms with Gasteiger partial charge in [0.05, 0.1) is 24.7 Å². The molecule has 0 radical (unpaired) electrons. The molecule has 0 aliphatic carbocycles. The van der Waals surface area contributed by atoms with Crippen LogP contribution in [0.15, 0.2) is 48.7 Å². The Balaban J connectivity index is 1.45. The van der Waals surface area contributed by atoms with Crippen LogP contribution in [0.3, 0.4) is 0 Å². The zero-order chi connectivity index (χ0) is 24.9. The average Bonchev–Trinajstić information content (AvgIpc) is 3.41. The highest BCUT2D eigenvalue weighted by Crippen LogP contribution is 2.37. The van der Waals surface area contributed by atoms with Gasteiger partial charge < -0.3 is 9.80 Å². The van der Waals surface area contributed by atoms with Gasteiger partial charge in [-0.3, -0.25) is 9.58 Å². The van der Waals surface area contributed by atoms with Crippen LogP contribution in [0.4, 0.5) is 29.5 Å². The number of fused-ring (bicyclic) bond motifs is 1. The molecule has 2 amide bonds. The topological polar surface area (TPSA) is 44.6 Å². The third kappa shape index (κ3) is 4.24. The van der Waals surface area contributed by atoms with Crippen molar-refractivity contribution in [3.8, 4) is 0 Å². The molecule has 6 nitrogen and oxygen atoms in total. The first-order valence-electron chi connectivity index (χ1n) is 11.7. The van der Waals surface area contributed by atoms with E-state index < -0.39 is 11.7 Å². The number of amides is 2. The number of aryl methyl sites for hydroxylation is 3. The lowest BCUT2D eigenvalue weighted by molar-refractivity contribution is -0.138. The largest absolute Gasteiger partial charge is 0.416 e. The third-order valence-electron chi connectivity index (χ3n) is 6.97. The minimum Gasteiger partial charge on any atom is -0.369 e. The van der Waals surface area contributed by atoms with E-state index in [0.29, 0.717) is 18.9 Å². The van der Waals surface area contributed by atoms with Crippen molar-refractivity contribution in [3.63, 3.8) is 0 Å². The van der Waals surface area contributed by atoms with E-state index in [-0.39, 0.29) is 24.2 Å². The molecule has 3 aromatic rings. The van der Waals surface area contributed by atoms with E-state index in [0.717, 1.165) is 24.6 Å². The predicted octanol–water partition coefficient (Wildman–Crippen LogP) is 5.28. The van der Waals surface area contributed by atoms with Crippen molar-refractivity contribution in [1.29, 1.82) is 0 Å². The smallest absolute Gasteiger partial charge is 0.369 e. The van der Waals surface area contributed by atoms with Crippen LogP contribution in [-0.2, 0) is 26.3 Å². The molecular weight excluding hydrogens is 455 g/mol. The van der Waals surface area contributed by atoms with Crippen molar-refractivity contribution in [3.05, 3.63) is 76.5 Å². The summed E-state index contributed by atoms with van der Waals surface area (Å²) in [6, 6.07) is 11.3. The lowest BCUT2D eigenvalue weighted by Crippen LogP contribution is -2.52. The van der Waals surface area contributed by atoms with Gasteiger partial charge in [0.2, 0.25) is 0 Å². The van der Waals surface area contributed by atoms with Crippen LogP contribution in [0.2, 0.25) is 0 Å². The van der Waals surface area contributed by atoms with Crippen molar-refractivity contribution in [1.82, 2.24) is 14.7 Å². The van der Waals surface area contributed by atoms with Gasteiger partial charge in [-0.2, -0.15) is 18.3 Å². The van der Waals surface area contributed by atoms with Crippen LogP contribution in [0.1, 0.15) is 34.2 Å². The van der Waals surface area contributed by atoms with Crippen molar-refractivity contribution in [2.45, 2.75) is 45.6 Å². The maximum absolute atomic E-state index is 13.7. The summed E-state index contributed by atoms with van der Waals surface area (Å²) in [5, 5.41) is 4.42. The van der Waals surface area contributed by atoms with Crippen molar-refractivity contribution in [2.24, 2.45) is 7.05 Å². The fraction of sp³-hybridized carbons (Fsp3) is 0.385. The molecule has 0 spiro atoms. The summed E-state index contributed by atoms with van der Waals surface area (Å²) in [4.78, 5) is 19.2. The number of urea groups is 1. The zero-order valence-electron chi connectivity index (χ0n) is 20.0. The number of halogens is 3. The molecule has 1 fully saturated rings. The Kier molecular flexibility index (Phi) is 5.73. The van der Waals surface area contributed by atoms with E-state index in [1.165, 1.54) is 33.8 Å². The number of nitrogens with zero attached hydrogens (tertiary/aromatic N) is 5. The first kappa shape index (κ1) is 23.3. The van der Waals surface area contributed by atoms with Crippen LogP contribution < -0.4 is 9.80 Å². The van der Waals surface area contributed by atoms with Gasteiger partial charge in [-0.15, -0.1) is 0 Å². The number of benzene rings is 2. The molecule has 35 heavy (non-hydrogen) atoms. The SMILES string of the molecule is Cc1cccc(C)c1N1CC[C@H](N2Cc3cn(C)nc3N(Cc3ccccc3C(F)(F)F)C2=O)C1. The Morgan fingerprint density at radius 2 is 1.77 bits per heavy atom. The summed E-state index contributed by atoms with van der Waals surface area (Å²) in [7, 11) is 1.76. The van der Waals surface area contributed by atoms with Crippen LogP contribution in [0.5, 0.6) is 0 Å². The molecule has 1 saturated heterocycles. The molecule has 2 aromatic carbocycles. The quantitative estimate of drug-likeness (QED) is 0.508. The number of carbonyl (C=O) groups is 1. The van der Waals surface area contributed by atoms with Crippen LogP contribution in [-0.4, -0.2) is 39.8 Å². The average molecular weight is 484 g/mol. The number of alkyl halides is 3. The standard InChI is InChI=1S/C26H28F3N5O/c1-17-7-6-8-18(2)23(17)32-12-11-21(16-32)33-15-20-13-31(3)30-24(20)34(25(33)35)14-19-9-4-5-10-22(19)26(27,28)29/h4-10,13,21H,11-12,14-16H2,1-3H3/t21-/m0/s1. The first-order chi connectivity index (χ1) is 16.6. The second kappa shape index (κ2) is 8.62. The molecule has 0 N–H and O–H groups in total. The minimum absolute atomic E-state index is 0.0461. The minimum atomic E-state index is -4.50. The lowest BCUT2D eigenvalue weighted by atomic mass is 10.1. The van der Waals surface area contributed by atoms with Gasteiger partial charge >= 0.3 is 12.2 Å². The van der Waals surface area contributed by atoms with Gasteiger partial charge in [-0.1, -0.05) is 36.4 Å². The van der Waals surface area contributed by atoms with E-state index >= 15 is 0 Å². The highest BCUT2D eigenvalue weighted by molar-refractivity contribution is 5.94. The van der Waals surface area contributed by atoms with E-state index in [1.54, 1.807) is 22.7 Å². The van der Waals surface area contributed by atoms with E-state index in [9.17, 15) is 18.0 Å². The maximum atomic E-state index is 13.7. The number of rotatable bonds is 4. The first-order valence-corrected chi connectivity index (χ1v) is 11.7. The summed E-state index contributed by atoms with van der Waals surface area (Å²) in [6.45, 7) is 5.87. The molecule has 0 saturated carbocycles. The van der Waals surface area contributed by atoms with Crippen LogP contribution in [0.25, 0.3) is 0 Å². The predicted molar refractivity (Wildman–Crippen MR) is 128 cm³/mol. The summed E-state index contributed by atoms with van der Waals surface area (Å²) in [5.74, 6) is 0.426. The number of aromatic nitrogens is 2. The van der Waals surface area contributed by atoms with Gasteiger partial charge in [-0.05, 0) is 43.0 Å². The van der Waals surface area contributed by atoms with Crippen molar-refractivity contribution < 1.29 is 18.0 Å². The van der Waals surface area contributed by atoms with E-state index in [4.69, 9.17) is 0 Å². The summed E-state index contributed by atoms with van der Waals surface area (Å²) < 4.78 is 42.6. The molecule has 0 bridgehead atoms.